The predicted molar refractivity (Wildman–Crippen MR) is 118 cm³/mol. The molecule has 140 valence electrons. The lowest BCUT2D eigenvalue weighted by Crippen LogP contribution is -2.35. The van der Waals surface area contributed by atoms with E-state index in [1.165, 1.54) is 33.4 Å². The Morgan fingerprint density at radius 1 is 1.18 bits per heavy atom. The third kappa shape index (κ3) is 2.52. The molecule has 0 aliphatic heterocycles. The zero-order chi connectivity index (χ0) is 20.0. The van der Waals surface area contributed by atoms with E-state index >= 15 is 0 Å². The fraction of sp³-hybridized carbons (Fsp3) is 0.296. The van der Waals surface area contributed by atoms with Crippen LogP contribution < -0.4 is 0 Å². The maximum absolute atomic E-state index is 9.66. The molecule has 0 radical (unpaired) electrons. The van der Waals surface area contributed by atoms with Gasteiger partial charge in [-0.25, -0.2) is 0 Å². The van der Waals surface area contributed by atoms with Crippen LogP contribution in [0.2, 0.25) is 0 Å². The average molecular weight is 366 g/mol. The van der Waals surface area contributed by atoms with Gasteiger partial charge in [0.1, 0.15) is 0 Å². The van der Waals surface area contributed by atoms with Gasteiger partial charge in [0.25, 0.3) is 0 Å². The monoisotopic (exact) mass is 365 g/mol. The smallest absolute Gasteiger partial charge is 0.0953 e. The minimum Gasteiger partial charge on any atom is -0.193 e. The van der Waals surface area contributed by atoms with Crippen molar-refractivity contribution in [1.82, 2.24) is 0 Å². The SMILES string of the molecule is C=CC1=C(C#N)CC2CC3Cc4c(C=C)cccc4C(=C)C3=C(CC)C2C1=C. The molecule has 0 saturated heterocycles. The van der Waals surface area contributed by atoms with Gasteiger partial charge in [-0.1, -0.05) is 69.2 Å². The van der Waals surface area contributed by atoms with Gasteiger partial charge in [-0.2, -0.15) is 5.26 Å². The first-order valence-corrected chi connectivity index (χ1v) is 10.2. The van der Waals surface area contributed by atoms with Crippen LogP contribution >= 0.6 is 0 Å². The Labute approximate surface area is 168 Å². The van der Waals surface area contributed by atoms with Gasteiger partial charge in [-0.15, -0.1) is 0 Å². The van der Waals surface area contributed by atoms with E-state index in [2.05, 4.69) is 57.5 Å². The summed E-state index contributed by atoms with van der Waals surface area (Å²) in [5.41, 5.74) is 10.8. The third-order valence-electron chi connectivity index (χ3n) is 6.95. The first-order valence-electron chi connectivity index (χ1n) is 10.2. The summed E-state index contributed by atoms with van der Waals surface area (Å²) in [5.74, 6) is 1.22. The summed E-state index contributed by atoms with van der Waals surface area (Å²) in [6.45, 7) is 19.2. The molecule has 1 nitrogen and oxygen atoms in total. The molecule has 3 atom stereocenters. The van der Waals surface area contributed by atoms with E-state index in [1.54, 1.807) is 0 Å². The maximum atomic E-state index is 9.66. The van der Waals surface area contributed by atoms with Crippen LogP contribution in [0.5, 0.6) is 0 Å². The standard InChI is InChI=1S/C27H27N/c1-6-18-10-9-11-24-17(5)27-20(14-25(18)24)12-19-13-21(15-28)22(7-2)16(4)26(19)23(27)8-3/h6-7,9-11,19-20,26H,1-2,4-5,8,12-14H2,3H3. The lowest BCUT2D eigenvalue weighted by atomic mass is 9.57. The van der Waals surface area contributed by atoms with E-state index in [9.17, 15) is 5.26 Å². The Morgan fingerprint density at radius 3 is 2.61 bits per heavy atom. The summed E-state index contributed by atoms with van der Waals surface area (Å²) in [7, 11) is 0. The van der Waals surface area contributed by atoms with E-state index < -0.39 is 0 Å². The Hall–Kier alpha value is -2.85. The van der Waals surface area contributed by atoms with Crippen LogP contribution in [0.4, 0.5) is 0 Å². The normalized spacial score (nSPS) is 26.2. The van der Waals surface area contributed by atoms with Gasteiger partial charge in [0.2, 0.25) is 0 Å². The molecule has 0 bridgehead atoms. The topological polar surface area (TPSA) is 23.8 Å². The summed E-state index contributed by atoms with van der Waals surface area (Å²) in [6, 6.07) is 8.87. The molecular weight excluding hydrogens is 338 g/mol. The van der Waals surface area contributed by atoms with Crippen molar-refractivity contribution < 1.29 is 0 Å². The van der Waals surface area contributed by atoms with Crippen molar-refractivity contribution in [2.75, 3.05) is 0 Å². The molecule has 4 rings (SSSR count). The zero-order valence-corrected chi connectivity index (χ0v) is 16.7. The molecule has 0 saturated carbocycles. The van der Waals surface area contributed by atoms with Crippen molar-refractivity contribution >= 4 is 11.6 Å². The number of allylic oxidation sites excluding steroid dienone is 7. The van der Waals surface area contributed by atoms with Crippen molar-refractivity contribution in [2.24, 2.45) is 17.8 Å². The number of nitrogens with zero attached hydrogens (tertiary/aromatic N) is 1. The molecule has 0 N–H and O–H groups in total. The summed E-state index contributed by atoms with van der Waals surface area (Å²) < 4.78 is 0. The number of rotatable bonds is 3. The maximum Gasteiger partial charge on any atom is 0.0953 e. The van der Waals surface area contributed by atoms with Crippen molar-refractivity contribution in [1.29, 1.82) is 5.26 Å². The van der Waals surface area contributed by atoms with Crippen molar-refractivity contribution in [2.45, 2.75) is 32.6 Å². The highest BCUT2D eigenvalue weighted by Crippen LogP contribution is 2.55. The van der Waals surface area contributed by atoms with Crippen molar-refractivity contribution in [3.8, 4) is 6.07 Å². The largest absolute Gasteiger partial charge is 0.193 e. The number of hydrogen-bond acceptors (Lipinski definition) is 1. The zero-order valence-electron chi connectivity index (χ0n) is 16.7. The van der Waals surface area contributed by atoms with Crippen LogP contribution in [-0.2, 0) is 6.42 Å². The van der Waals surface area contributed by atoms with Crippen LogP contribution in [0.15, 0.2) is 78.5 Å². The number of fused-ring (bicyclic) bond motifs is 3. The molecule has 0 amide bonds. The lowest BCUT2D eigenvalue weighted by Gasteiger charge is -2.46. The summed E-state index contributed by atoms with van der Waals surface area (Å²) in [4.78, 5) is 0. The van der Waals surface area contributed by atoms with Gasteiger partial charge in [-0.3, -0.25) is 0 Å². The Morgan fingerprint density at radius 2 is 1.96 bits per heavy atom. The number of hydrogen-bond donors (Lipinski definition) is 0. The van der Waals surface area contributed by atoms with Crippen LogP contribution in [0.25, 0.3) is 11.6 Å². The second-order valence-corrected chi connectivity index (χ2v) is 8.16. The second kappa shape index (κ2) is 6.95. The van der Waals surface area contributed by atoms with Gasteiger partial charge in [0, 0.05) is 11.5 Å². The predicted octanol–water partition coefficient (Wildman–Crippen LogP) is 6.82. The van der Waals surface area contributed by atoms with Crippen molar-refractivity contribution in [3.05, 3.63) is 95.1 Å². The van der Waals surface area contributed by atoms with Crippen LogP contribution in [0, 0.1) is 29.1 Å². The molecule has 3 aliphatic rings. The summed E-state index contributed by atoms with van der Waals surface area (Å²) in [5, 5.41) is 9.66. The minimum absolute atomic E-state index is 0.308. The summed E-state index contributed by atoms with van der Waals surface area (Å²) in [6.07, 6.45) is 7.73. The molecule has 1 aromatic rings. The molecule has 0 heterocycles. The average Bonchev–Trinajstić information content (AvgIpc) is 2.71. The van der Waals surface area contributed by atoms with Gasteiger partial charge >= 0.3 is 0 Å². The Balaban J connectivity index is 1.89. The fourth-order valence-electron chi connectivity index (χ4n) is 5.86. The van der Waals surface area contributed by atoms with Crippen LogP contribution in [0.1, 0.15) is 42.9 Å². The first-order chi connectivity index (χ1) is 13.5. The number of nitriles is 1. The number of benzene rings is 1. The summed E-state index contributed by atoms with van der Waals surface area (Å²) >= 11 is 0. The van der Waals surface area contributed by atoms with E-state index in [1.807, 2.05) is 12.2 Å². The van der Waals surface area contributed by atoms with Gasteiger partial charge in [0.15, 0.2) is 0 Å². The van der Waals surface area contributed by atoms with E-state index in [0.717, 1.165) is 42.4 Å². The quantitative estimate of drug-likeness (QED) is 0.576. The van der Waals surface area contributed by atoms with E-state index in [0.29, 0.717) is 17.8 Å². The van der Waals surface area contributed by atoms with Gasteiger partial charge in [0.05, 0.1) is 6.07 Å². The molecular formula is C27H27N. The minimum atomic E-state index is 0.308. The highest BCUT2D eigenvalue weighted by molar-refractivity contribution is 5.85. The Kier molecular flexibility index (Phi) is 4.60. The highest BCUT2D eigenvalue weighted by Gasteiger charge is 2.43. The van der Waals surface area contributed by atoms with E-state index in [-0.39, 0.29) is 0 Å². The second-order valence-electron chi connectivity index (χ2n) is 8.16. The van der Waals surface area contributed by atoms with Crippen molar-refractivity contribution in [3.63, 3.8) is 0 Å². The Bertz CT molecular complexity index is 1020. The molecule has 0 spiro atoms. The molecule has 3 aliphatic carbocycles. The van der Waals surface area contributed by atoms with Crippen LogP contribution in [-0.4, -0.2) is 0 Å². The molecule has 28 heavy (non-hydrogen) atoms. The fourth-order valence-corrected chi connectivity index (χ4v) is 5.86. The third-order valence-corrected chi connectivity index (χ3v) is 6.95. The molecule has 1 heteroatoms. The van der Waals surface area contributed by atoms with Gasteiger partial charge < -0.3 is 0 Å². The molecule has 0 aromatic heterocycles. The molecule has 0 fully saturated rings. The van der Waals surface area contributed by atoms with Crippen LogP contribution in [0.3, 0.4) is 0 Å². The van der Waals surface area contributed by atoms with Gasteiger partial charge in [-0.05, 0) is 76.5 Å². The highest BCUT2D eigenvalue weighted by atomic mass is 14.5. The lowest BCUT2D eigenvalue weighted by molar-refractivity contribution is 0.300. The van der Waals surface area contributed by atoms with E-state index in [4.69, 9.17) is 0 Å². The molecule has 3 unspecified atom stereocenters. The molecule has 1 aromatic carbocycles. The first kappa shape index (κ1) is 18.5.